The summed E-state index contributed by atoms with van der Waals surface area (Å²) in [4.78, 5) is 12.5. The molecule has 0 aromatic carbocycles. The summed E-state index contributed by atoms with van der Waals surface area (Å²) < 4.78 is 11.1. The molecule has 0 aliphatic carbocycles. The van der Waals surface area contributed by atoms with Crippen LogP contribution in [0, 0.1) is 15.3 Å². The van der Waals surface area contributed by atoms with E-state index < -0.39 is 4.92 Å². The Morgan fingerprint density at radius 1 is 1.45 bits per heavy atom. The third-order valence-corrected chi connectivity index (χ3v) is 3.05. The van der Waals surface area contributed by atoms with E-state index in [1.807, 2.05) is 0 Å². The Labute approximate surface area is 116 Å². The fourth-order valence-corrected chi connectivity index (χ4v) is 2.01. The molecule has 1 aliphatic rings. The molecule has 1 fully saturated rings. The standard InChI is InChI=1S/C12H17N3O5/c16-14-4-2-11(15(17)18)12(10-14)20-7-1-3-13-5-8-19-9-6-13/h2,4,10H,1,3,5-9H2. The average molecular weight is 283 g/mol. The Morgan fingerprint density at radius 3 is 2.90 bits per heavy atom. The van der Waals surface area contributed by atoms with Gasteiger partial charge in [-0.1, -0.05) is 0 Å². The van der Waals surface area contributed by atoms with Gasteiger partial charge < -0.3 is 14.7 Å². The summed E-state index contributed by atoms with van der Waals surface area (Å²) >= 11 is 0. The van der Waals surface area contributed by atoms with E-state index in [0.29, 0.717) is 11.3 Å². The lowest BCUT2D eigenvalue weighted by molar-refractivity contribution is -0.606. The maximum Gasteiger partial charge on any atom is 0.323 e. The van der Waals surface area contributed by atoms with Crippen molar-refractivity contribution in [3.8, 4) is 5.75 Å². The fourth-order valence-electron chi connectivity index (χ4n) is 2.01. The molecular formula is C12H17N3O5. The van der Waals surface area contributed by atoms with Crippen molar-refractivity contribution in [1.82, 2.24) is 4.90 Å². The predicted octanol–water partition coefficient (Wildman–Crippen LogP) is 0.329. The van der Waals surface area contributed by atoms with E-state index in [9.17, 15) is 15.3 Å². The molecule has 0 amide bonds. The molecule has 0 radical (unpaired) electrons. The quantitative estimate of drug-likeness (QED) is 0.245. The van der Waals surface area contributed by atoms with Crippen LogP contribution in [0.25, 0.3) is 0 Å². The van der Waals surface area contributed by atoms with Gasteiger partial charge in [-0.15, -0.1) is 0 Å². The molecule has 20 heavy (non-hydrogen) atoms. The molecule has 1 aromatic rings. The van der Waals surface area contributed by atoms with Crippen LogP contribution in [0.1, 0.15) is 6.42 Å². The molecule has 2 rings (SSSR count). The van der Waals surface area contributed by atoms with Crippen LogP contribution in [0.4, 0.5) is 5.69 Å². The highest BCUT2D eigenvalue weighted by Crippen LogP contribution is 2.23. The Bertz CT molecular complexity index is 462. The van der Waals surface area contributed by atoms with Gasteiger partial charge in [0.05, 0.1) is 30.8 Å². The molecule has 8 heteroatoms. The largest absolute Gasteiger partial charge is 0.619 e. The summed E-state index contributed by atoms with van der Waals surface area (Å²) in [5.74, 6) is 0.00878. The van der Waals surface area contributed by atoms with E-state index in [-0.39, 0.29) is 11.4 Å². The minimum absolute atomic E-state index is 0.00878. The Morgan fingerprint density at radius 2 is 2.20 bits per heavy atom. The van der Waals surface area contributed by atoms with Crippen LogP contribution < -0.4 is 9.47 Å². The lowest BCUT2D eigenvalue weighted by atomic mass is 10.3. The summed E-state index contributed by atoms with van der Waals surface area (Å²) in [7, 11) is 0. The van der Waals surface area contributed by atoms with E-state index >= 15 is 0 Å². The van der Waals surface area contributed by atoms with Crippen molar-refractivity contribution in [3.05, 3.63) is 33.8 Å². The van der Waals surface area contributed by atoms with Crippen LogP contribution in [-0.4, -0.2) is 49.3 Å². The lowest BCUT2D eigenvalue weighted by Gasteiger charge is -2.26. The number of rotatable bonds is 6. The van der Waals surface area contributed by atoms with Crippen molar-refractivity contribution in [2.24, 2.45) is 0 Å². The summed E-state index contributed by atoms with van der Waals surface area (Å²) in [5.41, 5.74) is -0.191. The summed E-state index contributed by atoms with van der Waals surface area (Å²) in [6.07, 6.45) is 2.90. The normalized spacial score (nSPS) is 16.0. The predicted molar refractivity (Wildman–Crippen MR) is 69.4 cm³/mol. The summed E-state index contributed by atoms with van der Waals surface area (Å²) in [5, 5.41) is 21.9. The van der Waals surface area contributed by atoms with Crippen LogP contribution in [0.2, 0.25) is 0 Å². The number of hydrogen-bond acceptors (Lipinski definition) is 6. The third-order valence-electron chi connectivity index (χ3n) is 3.05. The number of pyridine rings is 1. The molecule has 0 unspecified atom stereocenters. The fraction of sp³-hybridized carbons (Fsp3) is 0.583. The SMILES string of the molecule is O=[N+]([O-])c1cc[n+]([O-])cc1OCCCN1CCOCC1. The van der Waals surface area contributed by atoms with E-state index in [2.05, 4.69) is 4.90 Å². The van der Waals surface area contributed by atoms with Gasteiger partial charge in [-0.05, 0) is 6.42 Å². The molecule has 0 spiro atoms. The van der Waals surface area contributed by atoms with Gasteiger partial charge >= 0.3 is 5.69 Å². The van der Waals surface area contributed by atoms with Gasteiger partial charge in [-0.3, -0.25) is 15.0 Å². The monoisotopic (exact) mass is 283 g/mol. The second-order valence-corrected chi connectivity index (χ2v) is 4.47. The van der Waals surface area contributed by atoms with Crippen LogP contribution in [0.3, 0.4) is 0 Å². The first-order valence-corrected chi connectivity index (χ1v) is 6.47. The number of morpholine rings is 1. The number of nitrogens with zero attached hydrogens (tertiary/aromatic N) is 3. The zero-order valence-corrected chi connectivity index (χ0v) is 11.1. The Hall–Kier alpha value is -1.93. The maximum absolute atomic E-state index is 11.1. The zero-order valence-electron chi connectivity index (χ0n) is 11.1. The van der Waals surface area contributed by atoms with Crippen molar-refractivity contribution in [2.75, 3.05) is 39.5 Å². The lowest BCUT2D eigenvalue weighted by Crippen LogP contribution is -2.37. The van der Waals surface area contributed by atoms with Gasteiger partial charge in [-0.2, -0.15) is 4.73 Å². The minimum atomic E-state index is -0.558. The molecule has 8 nitrogen and oxygen atoms in total. The maximum atomic E-state index is 11.1. The molecule has 110 valence electrons. The van der Waals surface area contributed by atoms with Gasteiger partial charge in [0, 0.05) is 19.6 Å². The third kappa shape index (κ3) is 4.04. The second kappa shape index (κ2) is 7.01. The Kier molecular flexibility index (Phi) is 5.08. The van der Waals surface area contributed by atoms with Crippen molar-refractivity contribution >= 4 is 5.69 Å². The highest BCUT2D eigenvalue weighted by Gasteiger charge is 2.18. The van der Waals surface area contributed by atoms with Gasteiger partial charge in [0.15, 0.2) is 6.20 Å². The zero-order chi connectivity index (χ0) is 14.4. The molecule has 0 bridgehead atoms. The molecule has 0 N–H and O–H groups in total. The number of hydrogen-bond donors (Lipinski definition) is 0. The first-order valence-electron chi connectivity index (χ1n) is 6.47. The Balaban J connectivity index is 1.81. The van der Waals surface area contributed by atoms with Crippen molar-refractivity contribution in [1.29, 1.82) is 0 Å². The van der Waals surface area contributed by atoms with Gasteiger partial charge in [0.1, 0.15) is 0 Å². The smallest absolute Gasteiger partial charge is 0.323 e. The first-order chi connectivity index (χ1) is 9.66. The molecule has 1 aromatic heterocycles. The van der Waals surface area contributed by atoms with Crippen molar-refractivity contribution < 1.29 is 19.1 Å². The topological polar surface area (TPSA) is 91.8 Å². The molecular weight excluding hydrogens is 266 g/mol. The van der Waals surface area contributed by atoms with Gasteiger partial charge in [-0.25, -0.2) is 0 Å². The number of nitro groups is 1. The summed E-state index contributed by atoms with van der Waals surface area (Å²) in [6.45, 7) is 4.45. The second-order valence-electron chi connectivity index (χ2n) is 4.47. The molecule has 0 atom stereocenters. The average Bonchev–Trinajstić information content (AvgIpc) is 2.44. The van der Waals surface area contributed by atoms with Crippen molar-refractivity contribution in [3.63, 3.8) is 0 Å². The van der Waals surface area contributed by atoms with E-state index in [1.165, 1.54) is 0 Å². The number of ether oxygens (including phenoxy) is 2. The minimum Gasteiger partial charge on any atom is -0.619 e. The van der Waals surface area contributed by atoms with Crippen LogP contribution in [0.15, 0.2) is 18.5 Å². The van der Waals surface area contributed by atoms with E-state index in [4.69, 9.17) is 9.47 Å². The van der Waals surface area contributed by atoms with Crippen LogP contribution in [0.5, 0.6) is 5.75 Å². The van der Waals surface area contributed by atoms with Crippen LogP contribution >= 0.6 is 0 Å². The first kappa shape index (κ1) is 14.5. The molecule has 2 heterocycles. The van der Waals surface area contributed by atoms with Crippen LogP contribution in [-0.2, 0) is 4.74 Å². The van der Waals surface area contributed by atoms with Gasteiger partial charge in [0.2, 0.25) is 6.20 Å². The molecule has 1 saturated heterocycles. The highest BCUT2D eigenvalue weighted by molar-refractivity contribution is 5.41. The summed E-state index contributed by atoms with van der Waals surface area (Å²) in [6, 6.07) is 1.14. The van der Waals surface area contributed by atoms with Gasteiger partial charge in [0.25, 0.3) is 5.75 Å². The van der Waals surface area contributed by atoms with E-state index in [0.717, 1.165) is 57.7 Å². The van der Waals surface area contributed by atoms with Crippen molar-refractivity contribution in [2.45, 2.75) is 6.42 Å². The molecule has 0 saturated carbocycles. The van der Waals surface area contributed by atoms with E-state index in [1.54, 1.807) is 0 Å². The number of aromatic nitrogens is 1. The highest BCUT2D eigenvalue weighted by atomic mass is 16.6. The molecule has 1 aliphatic heterocycles.